The molecule has 0 bridgehead atoms. The van der Waals surface area contributed by atoms with Crippen LogP contribution in [0.1, 0.15) is 30.6 Å². The average molecular weight is 340 g/mol. The van der Waals surface area contributed by atoms with E-state index >= 15 is 0 Å². The van der Waals surface area contributed by atoms with Gasteiger partial charge >= 0.3 is 0 Å². The summed E-state index contributed by atoms with van der Waals surface area (Å²) in [7, 11) is 0. The number of nitro benzene ring substituents is 1. The highest BCUT2D eigenvalue weighted by molar-refractivity contribution is 6.10. The standard InChI is InChI=1S/C19H20N2O4/c1-3-20(4-2)14-10-9-13-11-18(25-17(13)12-14)19(22)15-7-5-6-8-16(15)21(23)24/h5-11,17H,3-4,12H2,1-2H3. The Morgan fingerprint density at radius 3 is 2.68 bits per heavy atom. The predicted molar refractivity (Wildman–Crippen MR) is 94.1 cm³/mol. The van der Waals surface area contributed by atoms with Crippen LogP contribution in [-0.2, 0) is 4.74 Å². The minimum atomic E-state index is -0.547. The molecule has 1 aromatic rings. The molecule has 0 fully saturated rings. The monoisotopic (exact) mass is 340 g/mol. The van der Waals surface area contributed by atoms with E-state index in [2.05, 4.69) is 24.8 Å². The number of ether oxygens (including phenoxy) is 1. The first-order valence-electron chi connectivity index (χ1n) is 8.37. The minimum Gasteiger partial charge on any atom is -0.481 e. The number of hydrogen-bond donors (Lipinski definition) is 0. The van der Waals surface area contributed by atoms with Crippen molar-refractivity contribution in [2.75, 3.05) is 13.1 Å². The number of nitro groups is 1. The number of carbonyl (C=O) groups excluding carboxylic acids is 1. The van der Waals surface area contributed by atoms with Crippen LogP contribution in [0, 0.1) is 10.1 Å². The zero-order chi connectivity index (χ0) is 18.0. The molecular formula is C19H20N2O4. The molecule has 25 heavy (non-hydrogen) atoms. The van der Waals surface area contributed by atoms with E-state index in [1.807, 2.05) is 6.08 Å². The van der Waals surface area contributed by atoms with Gasteiger partial charge in [-0.25, -0.2) is 0 Å². The number of Topliss-reactive ketones (excluding diaryl/α,β-unsaturated/α-hetero) is 1. The van der Waals surface area contributed by atoms with Gasteiger partial charge in [0.1, 0.15) is 11.7 Å². The van der Waals surface area contributed by atoms with Crippen molar-refractivity contribution in [3.63, 3.8) is 0 Å². The summed E-state index contributed by atoms with van der Waals surface area (Å²) in [6, 6.07) is 5.94. The summed E-state index contributed by atoms with van der Waals surface area (Å²) >= 11 is 0. The summed E-state index contributed by atoms with van der Waals surface area (Å²) in [5, 5.41) is 11.1. The Morgan fingerprint density at radius 2 is 2.00 bits per heavy atom. The number of allylic oxidation sites excluding steroid dienone is 3. The lowest BCUT2D eigenvalue weighted by molar-refractivity contribution is -0.385. The van der Waals surface area contributed by atoms with E-state index in [0.29, 0.717) is 6.42 Å². The summed E-state index contributed by atoms with van der Waals surface area (Å²) in [6.45, 7) is 6.02. The molecule has 0 saturated heterocycles. The van der Waals surface area contributed by atoms with Crippen molar-refractivity contribution in [2.45, 2.75) is 26.4 Å². The van der Waals surface area contributed by atoms with E-state index < -0.39 is 10.7 Å². The first kappa shape index (κ1) is 17.0. The van der Waals surface area contributed by atoms with Crippen molar-refractivity contribution >= 4 is 11.5 Å². The van der Waals surface area contributed by atoms with Crippen LogP contribution in [0.25, 0.3) is 0 Å². The fourth-order valence-corrected chi connectivity index (χ4v) is 3.21. The SMILES string of the molecule is CCN(CC)C1=CC=C2C=C(C(=O)c3ccccc3[N+](=O)[O-])OC2C1. The summed E-state index contributed by atoms with van der Waals surface area (Å²) in [5.41, 5.74) is 1.95. The van der Waals surface area contributed by atoms with Gasteiger partial charge in [0.05, 0.1) is 4.92 Å². The molecule has 1 unspecified atom stereocenters. The van der Waals surface area contributed by atoms with Gasteiger partial charge in [-0.1, -0.05) is 18.2 Å². The third kappa shape index (κ3) is 3.20. The Hall–Kier alpha value is -2.89. The third-order valence-electron chi connectivity index (χ3n) is 4.54. The van der Waals surface area contributed by atoms with Gasteiger partial charge in [0.15, 0.2) is 5.76 Å². The second-order valence-electron chi connectivity index (χ2n) is 5.92. The maximum Gasteiger partial charge on any atom is 0.280 e. The first-order valence-corrected chi connectivity index (χ1v) is 8.37. The van der Waals surface area contributed by atoms with Crippen molar-refractivity contribution in [1.82, 2.24) is 4.90 Å². The zero-order valence-corrected chi connectivity index (χ0v) is 14.3. The Balaban J connectivity index is 1.84. The molecule has 0 amide bonds. The van der Waals surface area contributed by atoms with Crippen LogP contribution in [0.2, 0.25) is 0 Å². The highest BCUT2D eigenvalue weighted by Crippen LogP contribution is 2.34. The van der Waals surface area contributed by atoms with Gasteiger partial charge in [-0.2, -0.15) is 0 Å². The van der Waals surface area contributed by atoms with Gasteiger partial charge in [-0.3, -0.25) is 14.9 Å². The van der Waals surface area contributed by atoms with E-state index in [1.165, 1.54) is 17.8 Å². The van der Waals surface area contributed by atoms with Crippen LogP contribution >= 0.6 is 0 Å². The van der Waals surface area contributed by atoms with Crippen molar-refractivity contribution < 1.29 is 14.5 Å². The minimum absolute atomic E-state index is 0.0509. The van der Waals surface area contributed by atoms with Crippen LogP contribution in [0.15, 0.2) is 59.5 Å². The normalized spacial score (nSPS) is 18.5. The largest absolute Gasteiger partial charge is 0.481 e. The number of ketones is 1. The average Bonchev–Trinajstić information content (AvgIpc) is 3.05. The van der Waals surface area contributed by atoms with Crippen molar-refractivity contribution in [3.05, 3.63) is 75.2 Å². The lowest BCUT2D eigenvalue weighted by Crippen LogP contribution is -2.27. The summed E-state index contributed by atoms with van der Waals surface area (Å²) < 4.78 is 5.84. The smallest absolute Gasteiger partial charge is 0.280 e. The summed E-state index contributed by atoms with van der Waals surface area (Å²) in [6.07, 6.45) is 6.19. The molecule has 1 aromatic carbocycles. The second-order valence-corrected chi connectivity index (χ2v) is 5.92. The summed E-state index contributed by atoms with van der Waals surface area (Å²) in [5.74, 6) is -0.285. The second kappa shape index (κ2) is 6.93. The fourth-order valence-electron chi connectivity index (χ4n) is 3.21. The van der Waals surface area contributed by atoms with Crippen molar-refractivity contribution in [1.29, 1.82) is 0 Å². The van der Waals surface area contributed by atoms with E-state index in [-0.39, 0.29) is 23.1 Å². The molecule has 0 spiro atoms. The molecule has 1 aliphatic carbocycles. The van der Waals surface area contributed by atoms with Crippen LogP contribution < -0.4 is 0 Å². The van der Waals surface area contributed by atoms with Crippen molar-refractivity contribution in [3.8, 4) is 0 Å². The molecule has 2 aliphatic rings. The molecule has 1 heterocycles. The van der Waals surface area contributed by atoms with Gasteiger partial charge in [-0.15, -0.1) is 0 Å². The Bertz CT molecular complexity index is 803. The van der Waals surface area contributed by atoms with Gasteiger partial charge < -0.3 is 9.64 Å². The number of rotatable bonds is 6. The lowest BCUT2D eigenvalue weighted by Gasteiger charge is -2.28. The molecule has 6 heteroatoms. The molecule has 1 atom stereocenters. The van der Waals surface area contributed by atoms with Gasteiger partial charge in [0, 0.05) is 31.3 Å². The van der Waals surface area contributed by atoms with Gasteiger partial charge in [-0.05, 0) is 37.6 Å². The number of benzene rings is 1. The van der Waals surface area contributed by atoms with Gasteiger partial charge in [0.25, 0.3) is 5.69 Å². The molecule has 0 radical (unpaired) electrons. The van der Waals surface area contributed by atoms with E-state index in [1.54, 1.807) is 18.2 Å². The van der Waals surface area contributed by atoms with Crippen molar-refractivity contribution in [2.24, 2.45) is 0 Å². The van der Waals surface area contributed by atoms with Gasteiger partial charge in [0.2, 0.25) is 5.78 Å². The van der Waals surface area contributed by atoms with Crippen LogP contribution in [0.3, 0.4) is 0 Å². The van der Waals surface area contributed by atoms with E-state index in [9.17, 15) is 14.9 Å². The number of carbonyl (C=O) groups is 1. The van der Waals surface area contributed by atoms with Crippen LogP contribution in [0.4, 0.5) is 5.69 Å². The quantitative estimate of drug-likeness (QED) is 0.449. The van der Waals surface area contributed by atoms with E-state index in [4.69, 9.17) is 4.74 Å². The third-order valence-corrected chi connectivity index (χ3v) is 4.54. The zero-order valence-electron chi connectivity index (χ0n) is 14.3. The molecule has 3 rings (SSSR count). The fraction of sp³-hybridized carbons (Fsp3) is 0.316. The number of para-hydroxylation sites is 1. The van der Waals surface area contributed by atoms with Crippen LogP contribution in [0.5, 0.6) is 0 Å². The lowest BCUT2D eigenvalue weighted by atomic mass is 9.99. The highest BCUT2D eigenvalue weighted by Gasteiger charge is 2.33. The molecular weight excluding hydrogens is 320 g/mol. The molecule has 1 aliphatic heterocycles. The highest BCUT2D eigenvalue weighted by atomic mass is 16.6. The number of hydrogen-bond acceptors (Lipinski definition) is 5. The Labute approximate surface area is 146 Å². The Morgan fingerprint density at radius 1 is 1.28 bits per heavy atom. The summed E-state index contributed by atoms with van der Waals surface area (Å²) in [4.78, 5) is 25.5. The molecule has 6 nitrogen and oxygen atoms in total. The molecule has 0 aromatic heterocycles. The van der Waals surface area contributed by atoms with Crippen LogP contribution in [-0.4, -0.2) is 34.8 Å². The first-order chi connectivity index (χ1) is 12.0. The molecule has 130 valence electrons. The Kier molecular flexibility index (Phi) is 4.70. The van der Waals surface area contributed by atoms with E-state index in [0.717, 1.165) is 18.7 Å². The topological polar surface area (TPSA) is 72.7 Å². The number of nitrogens with zero attached hydrogens (tertiary/aromatic N) is 2. The molecule has 0 N–H and O–H groups in total. The maximum atomic E-state index is 12.7. The maximum absolute atomic E-state index is 12.7. The number of fused-ring (bicyclic) bond motifs is 1. The predicted octanol–water partition coefficient (Wildman–Crippen LogP) is 3.62. The molecule has 0 saturated carbocycles.